The summed E-state index contributed by atoms with van der Waals surface area (Å²) in [6, 6.07) is -1.67. The maximum Gasteiger partial charge on any atom is 0.408 e. The Hall–Kier alpha value is -0.260. The van der Waals surface area contributed by atoms with Gasteiger partial charge in [-0.25, -0.2) is 0 Å². The molecular weight excluding hydrogens is 263 g/mol. The Morgan fingerprint density at radius 1 is 1.64 bits per heavy atom. The molecule has 1 rings (SSSR count). The molecule has 0 saturated carbocycles. The molecule has 0 aromatic carbocycles. The van der Waals surface area contributed by atoms with Crippen LogP contribution in [-0.2, 0) is 4.79 Å². The van der Waals surface area contributed by atoms with Crippen molar-refractivity contribution in [1.82, 2.24) is 4.90 Å². The zero-order chi connectivity index (χ0) is 10.9. The van der Waals surface area contributed by atoms with Crippen LogP contribution in [0.1, 0.15) is 13.3 Å². The number of carbonyl (C=O) groups is 1. The van der Waals surface area contributed by atoms with E-state index in [0.717, 1.165) is 11.8 Å². The van der Waals surface area contributed by atoms with Gasteiger partial charge in [0, 0.05) is 18.3 Å². The summed E-state index contributed by atoms with van der Waals surface area (Å²) < 4.78 is 36.9. The van der Waals surface area contributed by atoms with E-state index in [9.17, 15) is 18.0 Å². The van der Waals surface area contributed by atoms with Crippen molar-refractivity contribution in [2.45, 2.75) is 25.6 Å². The maximum absolute atomic E-state index is 12.3. The Balaban J connectivity index is 2.66. The summed E-state index contributed by atoms with van der Waals surface area (Å²) in [5.74, 6) is -0.397. The summed E-state index contributed by atoms with van der Waals surface area (Å²) in [6.07, 6.45) is -4.11. The standard InChI is InChI=1S/C8H11BrF3NO/c1-5(8(10,11)12)13-4-6(3-9)2-7(13)14/h5-6H,2-4H2,1H3. The predicted molar refractivity (Wildman–Crippen MR) is 49.1 cm³/mol. The second-order valence-electron chi connectivity index (χ2n) is 3.49. The van der Waals surface area contributed by atoms with Crippen molar-refractivity contribution in [3.05, 3.63) is 0 Å². The Kier molecular flexibility index (Phi) is 3.44. The van der Waals surface area contributed by atoms with E-state index in [4.69, 9.17) is 0 Å². The third kappa shape index (κ3) is 2.40. The topological polar surface area (TPSA) is 20.3 Å². The van der Waals surface area contributed by atoms with E-state index in [-0.39, 0.29) is 18.9 Å². The minimum Gasteiger partial charge on any atom is -0.331 e. The quantitative estimate of drug-likeness (QED) is 0.707. The van der Waals surface area contributed by atoms with E-state index < -0.39 is 18.1 Å². The summed E-state index contributed by atoms with van der Waals surface area (Å²) >= 11 is 3.17. The molecule has 2 atom stereocenters. The highest BCUT2D eigenvalue weighted by Crippen LogP contribution is 2.30. The van der Waals surface area contributed by atoms with Gasteiger partial charge in [-0.2, -0.15) is 13.2 Å². The summed E-state index contributed by atoms with van der Waals surface area (Å²) in [5.41, 5.74) is 0. The summed E-state index contributed by atoms with van der Waals surface area (Å²) in [7, 11) is 0. The highest BCUT2D eigenvalue weighted by Gasteiger charge is 2.45. The van der Waals surface area contributed by atoms with Gasteiger partial charge in [0.05, 0.1) is 0 Å². The molecule has 0 aromatic rings. The lowest BCUT2D eigenvalue weighted by Crippen LogP contribution is -2.44. The van der Waals surface area contributed by atoms with Crippen LogP contribution in [0.15, 0.2) is 0 Å². The fraction of sp³-hybridized carbons (Fsp3) is 0.875. The van der Waals surface area contributed by atoms with Crippen LogP contribution in [-0.4, -0.2) is 34.9 Å². The molecule has 0 bridgehead atoms. The van der Waals surface area contributed by atoms with Crippen molar-refractivity contribution < 1.29 is 18.0 Å². The molecule has 1 amide bonds. The lowest BCUT2D eigenvalue weighted by atomic mass is 10.2. The van der Waals surface area contributed by atoms with Gasteiger partial charge >= 0.3 is 6.18 Å². The molecule has 1 heterocycles. The van der Waals surface area contributed by atoms with Crippen molar-refractivity contribution in [2.24, 2.45) is 5.92 Å². The number of nitrogens with zero attached hydrogens (tertiary/aromatic N) is 1. The van der Waals surface area contributed by atoms with Crippen LogP contribution in [0.5, 0.6) is 0 Å². The summed E-state index contributed by atoms with van der Waals surface area (Å²) in [4.78, 5) is 12.1. The molecule has 1 fully saturated rings. The highest BCUT2D eigenvalue weighted by molar-refractivity contribution is 9.09. The minimum atomic E-state index is -4.32. The SMILES string of the molecule is CC(N1CC(CBr)CC1=O)C(F)(F)F. The maximum atomic E-state index is 12.3. The normalized spacial score (nSPS) is 25.6. The van der Waals surface area contributed by atoms with Crippen LogP contribution in [0.25, 0.3) is 0 Å². The first-order valence-corrected chi connectivity index (χ1v) is 5.40. The number of halogens is 4. The molecule has 14 heavy (non-hydrogen) atoms. The van der Waals surface area contributed by atoms with Gasteiger partial charge in [0.2, 0.25) is 5.91 Å². The first-order chi connectivity index (χ1) is 6.36. The summed E-state index contributed by atoms with van der Waals surface area (Å²) in [6.45, 7) is 1.22. The molecule has 0 N–H and O–H groups in total. The van der Waals surface area contributed by atoms with E-state index >= 15 is 0 Å². The molecule has 1 aliphatic rings. The average Bonchev–Trinajstić information content (AvgIpc) is 2.43. The molecule has 2 nitrogen and oxygen atoms in total. The van der Waals surface area contributed by atoms with Crippen LogP contribution in [0.2, 0.25) is 0 Å². The molecule has 0 spiro atoms. The van der Waals surface area contributed by atoms with Crippen LogP contribution in [0, 0.1) is 5.92 Å². The van der Waals surface area contributed by atoms with Gasteiger partial charge in [-0.3, -0.25) is 4.79 Å². The van der Waals surface area contributed by atoms with E-state index in [1.807, 2.05) is 0 Å². The number of rotatable bonds is 2. The van der Waals surface area contributed by atoms with Gasteiger partial charge in [0.25, 0.3) is 0 Å². The first kappa shape index (κ1) is 11.8. The van der Waals surface area contributed by atoms with Gasteiger partial charge in [-0.05, 0) is 12.8 Å². The van der Waals surface area contributed by atoms with E-state index in [2.05, 4.69) is 15.9 Å². The third-order valence-corrected chi connectivity index (χ3v) is 3.31. The molecule has 6 heteroatoms. The smallest absolute Gasteiger partial charge is 0.331 e. The Labute approximate surface area is 88.6 Å². The number of amides is 1. The van der Waals surface area contributed by atoms with Crippen molar-refractivity contribution >= 4 is 21.8 Å². The molecule has 1 aliphatic heterocycles. The van der Waals surface area contributed by atoms with Crippen LogP contribution < -0.4 is 0 Å². The fourth-order valence-electron chi connectivity index (χ4n) is 1.46. The molecular formula is C8H11BrF3NO. The van der Waals surface area contributed by atoms with Crippen molar-refractivity contribution in [3.63, 3.8) is 0 Å². The molecule has 1 saturated heterocycles. The number of hydrogen-bond donors (Lipinski definition) is 0. The molecule has 82 valence electrons. The lowest BCUT2D eigenvalue weighted by molar-refractivity contribution is -0.182. The molecule has 0 aromatic heterocycles. The van der Waals surface area contributed by atoms with Crippen molar-refractivity contribution in [2.75, 3.05) is 11.9 Å². The van der Waals surface area contributed by atoms with Crippen molar-refractivity contribution in [3.8, 4) is 0 Å². The second-order valence-corrected chi connectivity index (χ2v) is 4.14. The minimum absolute atomic E-state index is 0.00676. The second kappa shape index (κ2) is 4.08. The number of alkyl halides is 4. The van der Waals surface area contributed by atoms with Crippen LogP contribution >= 0.6 is 15.9 Å². The van der Waals surface area contributed by atoms with Gasteiger partial charge in [0.1, 0.15) is 6.04 Å². The lowest BCUT2D eigenvalue weighted by Gasteiger charge is -2.26. The van der Waals surface area contributed by atoms with Gasteiger partial charge in [-0.15, -0.1) is 0 Å². The van der Waals surface area contributed by atoms with Gasteiger partial charge in [0.15, 0.2) is 0 Å². The van der Waals surface area contributed by atoms with Gasteiger partial charge in [-0.1, -0.05) is 15.9 Å². The summed E-state index contributed by atoms with van der Waals surface area (Å²) in [5, 5.41) is 0.569. The molecule has 2 unspecified atom stereocenters. The van der Waals surface area contributed by atoms with Crippen molar-refractivity contribution in [1.29, 1.82) is 0 Å². The number of hydrogen-bond acceptors (Lipinski definition) is 1. The van der Waals surface area contributed by atoms with Crippen LogP contribution in [0.4, 0.5) is 13.2 Å². The largest absolute Gasteiger partial charge is 0.408 e. The van der Waals surface area contributed by atoms with E-state index in [1.54, 1.807) is 0 Å². The number of carbonyl (C=O) groups excluding carboxylic acids is 1. The monoisotopic (exact) mass is 273 g/mol. The average molecular weight is 274 g/mol. The fourth-order valence-corrected chi connectivity index (χ4v) is 1.90. The van der Waals surface area contributed by atoms with Crippen LogP contribution in [0.3, 0.4) is 0 Å². The Bertz CT molecular complexity index is 231. The third-order valence-electron chi connectivity index (χ3n) is 2.40. The zero-order valence-corrected chi connectivity index (χ0v) is 9.23. The first-order valence-electron chi connectivity index (χ1n) is 4.28. The molecule has 0 radical (unpaired) electrons. The predicted octanol–water partition coefficient (Wildman–Crippen LogP) is 2.18. The number of likely N-dealkylation sites (tertiary alicyclic amines) is 1. The highest BCUT2D eigenvalue weighted by atomic mass is 79.9. The Morgan fingerprint density at radius 2 is 2.21 bits per heavy atom. The molecule has 0 aliphatic carbocycles. The Morgan fingerprint density at radius 3 is 2.57 bits per heavy atom. The van der Waals surface area contributed by atoms with Gasteiger partial charge < -0.3 is 4.90 Å². The van der Waals surface area contributed by atoms with E-state index in [1.165, 1.54) is 0 Å². The zero-order valence-electron chi connectivity index (χ0n) is 7.64. The van der Waals surface area contributed by atoms with E-state index in [0.29, 0.717) is 5.33 Å².